The maximum absolute atomic E-state index is 8.82. The Labute approximate surface area is 99.8 Å². The highest BCUT2D eigenvalue weighted by Gasteiger charge is 2.12. The second-order valence-electron chi connectivity index (χ2n) is 3.73. The van der Waals surface area contributed by atoms with Gasteiger partial charge in [0.1, 0.15) is 16.7 Å². The number of thioether (sulfide) groups is 1. The molecule has 90 valence electrons. The number of hydrazine groups is 1. The second-order valence-corrected chi connectivity index (χ2v) is 4.82. The minimum Gasteiger partial charge on any atom is -0.396 e. The molecule has 0 aliphatic heterocycles. The van der Waals surface area contributed by atoms with Crippen LogP contribution < -0.4 is 11.3 Å². The van der Waals surface area contributed by atoms with Crippen LogP contribution in [0.2, 0.25) is 0 Å². The highest BCUT2D eigenvalue weighted by atomic mass is 32.2. The summed E-state index contributed by atoms with van der Waals surface area (Å²) in [4.78, 5) is 8.80. The first-order valence-corrected chi connectivity index (χ1v) is 6.17. The van der Waals surface area contributed by atoms with Crippen LogP contribution in [-0.4, -0.2) is 27.4 Å². The predicted molar refractivity (Wildman–Crippen MR) is 66.5 cm³/mol. The first kappa shape index (κ1) is 13.2. The lowest BCUT2D eigenvalue weighted by atomic mass is 10.2. The number of rotatable bonds is 5. The Kier molecular flexibility index (Phi) is 4.98. The van der Waals surface area contributed by atoms with E-state index >= 15 is 0 Å². The van der Waals surface area contributed by atoms with Gasteiger partial charge in [-0.15, -0.1) is 11.8 Å². The smallest absolute Gasteiger partial charge is 0.147 e. The maximum atomic E-state index is 8.82. The number of anilines is 1. The normalized spacial score (nSPS) is 10.9. The van der Waals surface area contributed by atoms with Gasteiger partial charge in [0, 0.05) is 17.2 Å². The van der Waals surface area contributed by atoms with Crippen LogP contribution in [0, 0.1) is 6.92 Å². The Bertz CT molecular complexity index is 357. The first-order valence-electron chi connectivity index (χ1n) is 5.19. The summed E-state index contributed by atoms with van der Waals surface area (Å²) >= 11 is 1.51. The molecule has 0 saturated heterocycles. The van der Waals surface area contributed by atoms with Crippen LogP contribution in [0.25, 0.3) is 0 Å². The molecule has 5 nitrogen and oxygen atoms in total. The molecule has 6 heteroatoms. The van der Waals surface area contributed by atoms with E-state index in [0.29, 0.717) is 11.6 Å². The van der Waals surface area contributed by atoms with E-state index in [1.807, 2.05) is 20.8 Å². The number of aliphatic hydroxyl groups excluding tert-OH is 1. The summed E-state index contributed by atoms with van der Waals surface area (Å²) in [6.45, 7) is 6.12. The minimum absolute atomic E-state index is 0.135. The topological polar surface area (TPSA) is 84.1 Å². The van der Waals surface area contributed by atoms with Crippen molar-refractivity contribution in [1.29, 1.82) is 0 Å². The molecule has 1 heterocycles. The van der Waals surface area contributed by atoms with Crippen LogP contribution >= 0.6 is 11.8 Å². The van der Waals surface area contributed by atoms with E-state index in [1.165, 1.54) is 11.8 Å². The van der Waals surface area contributed by atoms with Gasteiger partial charge in [-0.25, -0.2) is 15.8 Å². The number of hydrogen-bond acceptors (Lipinski definition) is 6. The Morgan fingerprint density at radius 3 is 2.62 bits per heavy atom. The van der Waals surface area contributed by atoms with Gasteiger partial charge in [-0.2, -0.15) is 0 Å². The third-order valence-electron chi connectivity index (χ3n) is 2.10. The highest BCUT2D eigenvalue weighted by molar-refractivity contribution is 7.99. The van der Waals surface area contributed by atoms with E-state index in [0.717, 1.165) is 16.4 Å². The molecule has 1 aromatic heterocycles. The lowest BCUT2D eigenvalue weighted by Gasteiger charge is -2.12. The zero-order chi connectivity index (χ0) is 12.1. The zero-order valence-corrected chi connectivity index (χ0v) is 10.6. The number of nitrogen functional groups attached to an aromatic ring is 1. The fourth-order valence-corrected chi connectivity index (χ4v) is 1.95. The quantitative estimate of drug-likeness (QED) is 0.312. The van der Waals surface area contributed by atoms with Gasteiger partial charge in [-0.1, -0.05) is 13.8 Å². The van der Waals surface area contributed by atoms with Crippen molar-refractivity contribution in [3.63, 3.8) is 0 Å². The number of nitrogens with zero attached hydrogens (tertiary/aromatic N) is 2. The van der Waals surface area contributed by atoms with Crippen molar-refractivity contribution in [1.82, 2.24) is 9.97 Å². The molecular formula is C10H18N4OS. The van der Waals surface area contributed by atoms with Crippen molar-refractivity contribution < 1.29 is 5.11 Å². The molecule has 0 atom stereocenters. The number of nitrogens with two attached hydrogens (primary N) is 1. The van der Waals surface area contributed by atoms with Gasteiger partial charge < -0.3 is 10.5 Å². The number of aromatic nitrogens is 2. The summed E-state index contributed by atoms with van der Waals surface area (Å²) in [7, 11) is 0. The fourth-order valence-electron chi connectivity index (χ4n) is 1.19. The van der Waals surface area contributed by atoms with E-state index in [-0.39, 0.29) is 12.5 Å². The molecule has 0 aliphatic rings. The summed E-state index contributed by atoms with van der Waals surface area (Å²) in [6, 6.07) is 0. The lowest BCUT2D eigenvalue weighted by Crippen LogP contribution is -2.13. The number of nitrogens with one attached hydrogen (secondary N) is 1. The zero-order valence-electron chi connectivity index (χ0n) is 9.82. The summed E-state index contributed by atoms with van der Waals surface area (Å²) in [5.41, 5.74) is 3.50. The van der Waals surface area contributed by atoms with E-state index < -0.39 is 0 Å². The molecule has 1 rings (SSSR count). The molecular weight excluding hydrogens is 224 g/mol. The van der Waals surface area contributed by atoms with Crippen molar-refractivity contribution in [2.75, 3.05) is 17.8 Å². The molecule has 0 fully saturated rings. The van der Waals surface area contributed by atoms with Crippen LogP contribution in [0.1, 0.15) is 31.2 Å². The molecule has 0 aromatic carbocycles. The van der Waals surface area contributed by atoms with Crippen LogP contribution in [0.15, 0.2) is 5.03 Å². The average Bonchev–Trinajstić information content (AvgIpc) is 2.27. The summed E-state index contributed by atoms with van der Waals surface area (Å²) in [5, 5.41) is 9.69. The van der Waals surface area contributed by atoms with Gasteiger partial charge in [0.05, 0.1) is 6.61 Å². The number of hydrogen-bond donors (Lipinski definition) is 3. The molecule has 0 radical (unpaired) electrons. The monoisotopic (exact) mass is 242 g/mol. The molecule has 0 aliphatic carbocycles. The summed E-state index contributed by atoms with van der Waals surface area (Å²) in [6.07, 6.45) is 0. The van der Waals surface area contributed by atoms with Gasteiger partial charge in [-0.05, 0) is 6.92 Å². The number of aliphatic hydroxyl groups is 1. The van der Waals surface area contributed by atoms with Crippen molar-refractivity contribution in [2.24, 2.45) is 5.84 Å². The summed E-state index contributed by atoms with van der Waals surface area (Å²) < 4.78 is 0. The van der Waals surface area contributed by atoms with Crippen molar-refractivity contribution >= 4 is 17.6 Å². The van der Waals surface area contributed by atoms with Gasteiger partial charge in [0.2, 0.25) is 0 Å². The van der Waals surface area contributed by atoms with Gasteiger partial charge >= 0.3 is 0 Å². The van der Waals surface area contributed by atoms with Gasteiger partial charge in [0.25, 0.3) is 0 Å². The second kappa shape index (κ2) is 6.03. The van der Waals surface area contributed by atoms with E-state index in [1.54, 1.807) is 0 Å². The highest BCUT2D eigenvalue weighted by Crippen LogP contribution is 2.26. The minimum atomic E-state index is 0.135. The SMILES string of the molecule is Cc1c(NN)nc(C(C)C)nc1SCCO. The Morgan fingerprint density at radius 2 is 2.12 bits per heavy atom. The van der Waals surface area contributed by atoms with Crippen molar-refractivity contribution in [3.8, 4) is 0 Å². The van der Waals surface area contributed by atoms with Crippen LogP contribution in [0.3, 0.4) is 0 Å². The Balaban J connectivity index is 3.08. The molecule has 0 unspecified atom stereocenters. The predicted octanol–water partition coefficient (Wildman–Crippen LogP) is 1.28. The van der Waals surface area contributed by atoms with Crippen LogP contribution in [-0.2, 0) is 0 Å². The standard InChI is InChI=1S/C10H18N4OS/c1-6(2)8-12-9(14-11)7(3)10(13-8)16-5-4-15/h6,15H,4-5,11H2,1-3H3,(H,12,13,14). The third-order valence-corrected chi connectivity index (χ3v) is 3.16. The van der Waals surface area contributed by atoms with Crippen LogP contribution in [0.4, 0.5) is 5.82 Å². The summed E-state index contributed by atoms with van der Waals surface area (Å²) in [5.74, 6) is 7.71. The van der Waals surface area contributed by atoms with Crippen molar-refractivity contribution in [2.45, 2.75) is 31.7 Å². The Hall–Kier alpha value is -0.850. The largest absolute Gasteiger partial charge is 0.396 e. The molecule has 0 saturated carbocycles. The molecule has 16 heavy (non-hydrogen) atoms. The molecule has 4 N–H and O–H groups in total. The van der Waals surface area contributed by atoms with E-state index in [2.05, 4.69) is 15.4 Å². The molecule has 0 bridgehead atoms. The van der Waals surface area contributed by atoms with Crippen molar-refractivity contribution in [3.05, 3.63) is 11.4 Å². The van der Waals surface area contributed by atoms with E-state index in [9.17, 15) is 0 Å². The maximum Gasteiger partial charge on any atom is 0.147 e. The third kappa shape index (κ3) is 3.07. The average molecular weight is 242 g/mol. The molecule has 0 spiro atoms. The lowest BCUT2D eigenvalue weighted by molar-refractivity contribution is 0.322. The Morgan fingerprint density at radius 1 is 1.44 bits per heavy atom. The first-order chi connectivity index (χ1) is 7.60. The fraction of sp³-hybridized carbons (Fsp3) is 0.600. The van der Waals surface area contributed by atoms with Crippen LogP contribution in [0.5, 0.6) is 0 Å². The van der Waals surface area contributed by atoms with Gasteiger partial charge in [0.15, 0.2) is 0 Å². The molecule has 0 amide bonds. The van der Waals surface area contributed by atoms with Gasteiger partial charge in [-0.3, -0.25) is 0 Å². The molecule has 1 aromatic rings. The van der Waals surface area contributed by atoms with E-state index in [4.69, 9.17) is 10.9 Å².